The predicted octanol–water partition coefficient (Wildman–Crippen LogP) is 3.59. The van der Waals surface area contributed by atoms with Crippen molar-refractivity contribution in [3.05, 3.63) is 83.7 Å². The van der Waals surface area contributed by atoms with Crippen LogP contribution in [0.4, 0.5) is 5.95 Å². The van der Waals surface area contributed by atoms with E-state index >= 15 is 0 Å². The van der Waals surface area contributed by atoms with E-state index in [9.17, 15) is 4.79 Å². The number of amides is 1. The Morgan fingerprint density at radius 3 is 2.59 bits per heavy atom. The summed E-state index contributed by atoms with van der Waals surface area (Å²) in [4.78, 5) is 21.0. The minimum Gasteiger partial charge on any atom is -0.496 e. The van der Waals surface area contributed by atoms with E-state index in [-0.39, 0.29) is 11.9 Å². The summed E-state index contributed by atoms with van der Waals surface area (Å²) in [5.41, 5.74) is 2.33. The van der Waals surface area contributed by atoms with Gasteiger partial charge in [0.1, 0.15) is 11.4 Å². The molecule has 0 saturated carbocycles. The normalized spacial score (nSPS) is 11.5. The van der Waals surface area contributed by atoms with E-state index in [1.54, 1.807) is 19.4 Å². The number of methoxy groups -OCH3 is 1. The third-order valence-electron chi connectivity index (χ3n) is 4.16. The highest BCUT2D eigenvalue weighted by Gasteiger charge is 2.13. The molecule has 138 valence electrons. The molecule has 1 heterocycles. The fraction of sp³-hybridized carbons (Fsp3) is 0.190. The van der Waals surface area contributed by atoms with Crippen LogP contribution < -0.4 is 15.4 Å². The van der Waals surface area contributed by atoms with Crippen LogP contribution in [0.15, 0.2) is 66.9 Å². The van der Waals surface area contributed by atoms with Gasteiger partial charge in [-0.05, 0) is 24.6 Å². The summed E-state index contributed by atoms with van der Waals surface area (Å²) in [6.45, 7) is 2.44. The van der Waals surface area contributed by atoms with Crippen LogP contribution in [-0.4, -0.2) is 23.0 Å². The minimum atomic E-state index is -0.242. The van der Waals surface area contributed by atoms with Gasteiger partial charge in [-0.15, -0.1) is 0 Å². The van der Waals surface area contributed by atoms with E-state index in [1.165, 1.54) is 0 Å². The molecule has 0 bridgehead atoms. The van der Waals surface area contributed by atoms with Crippen LogP contribution in [0.5, 0.6) is 5.75 Å². The van der Waals surface area contributed by atoms with Crippen molar-refractivity contribution in [2.24, 2.45) is 0 Å². The Balaban J connectivity index is 1.65. The molecule has 2 N–H and O–H groups in total. The topological polar surface area (TPSA) is 76.1 Å². The molecule has 0 radical (unpaired) electrons. The monoisotopic (exact) mass is 362 g/mol. The maximum absolute atomic E-state index is 12.5. The number of carbonyl (C=O) groups is 1. The molecule has 0 aliphatic heterocycles. The third-order valence-corrected chi connectivity index (χ3v) is 4.16. The number of ether oxygens (including phenoxy) is 1. The van der Waals surface area contributed by atoms with Crippen molar-refractivity contribution < 1.29 is 9.53 Å². The molecule has 1 aromatic heterocycles. The van der Waals surface area contributed by atoms with Crippen LogP contribution in [0.3, 0.4) is 0 Å². The summed E-state index contributed by atoms with van der Waals surface area (Å²) in [5, 5.41) is 6.09. The van der Waals surface area contributed by atoms with E-state index in [4.69, 9.17) is 4.74 Å². The lowest BCUT2D eigenvalue weighted by Gasteiger charge is -2.14. The fourth-order valence-electron chi connectivity index (χ4n) is 2.69. The Morgan fingerprint density at radius 2 is 1.81 bits per heavy atom. The Hall–Kier alpha value is -3.41. The molecule has 3 rings (SSSR count). The zero-order chi connectivity index (χ0) is 19.1. The Labute approximate surface area is 158 Å². The zero-order valence-electron chi connectivity index (χ0n) is 15.3. The first-order valence-corrected chi connectivity index (χ1v) is 8.72. The molecule has 0 fully saturated rings. The highest BCUT2D eigenvalue weighted by Crippen LogP contribution is 2.18. The number of anilines is 1. The maximum atomic E-state index is 12.5. The average molecular weight is 362 g/mol. The van der Waals surface area contributed by atoms with Crippen molar-refractivity contribution in [3.63, 3.8) is 0 Å². The molecule has 2 aromatic carbocycles. The van der Waals surface area contributed by atoms with Crippen molar-refractivity contribution in [3.8, 4) is 5.75 Å². The van der Waals surface area contributed by atoms with E-state index < -0.39 is 0 Å². The van der Waals surface area contributed by atoms with Gasteiger partial charge in [-0.1, -0.05) is 48.5 Å². The first-order valence-electron chi connectivity index (χ1n) is 8.72. The highest BCUT2D eigenvalue weighted by molar-refractivity contribution is 5.92. The molecule has 0 saturated heterocycles. The molecule has 6 heteroatoms. The molecule has 0 aliphatic carbocycles. The molecular formula is C21H22N4O2. The second kappa shape index (κ2) is 8.80. The molecule has 1 unspecified atom stereocenters. The number of hydrogen-bond acceptors (Lipinski definition) is 5. The van der Waals surface area contributed by atoms with Crippen LogP contribution in [0.25, 0.3) is 0 Å². The summed E-state index contributed by atoms with van der Waals surface area (Å²) in [7, 11) is 1.63. The van der Waals surface area contributed by atoms with Gasteiger partial charge in [-0.3, -0.25) is 4.79 Å². The van der Waals surface area contributed by atoms with E-state index in [0.717, 1.165) is 16.9 Å². The number of hydrogen-bond donors (Lipinski definition) is 2. The number of para-hydroxylation sites is 1. The summed E-state index contributed by atoms with van der Waals surface area (Å²) in [5.74, 6) is 0.936. The molecular weight excluding hydrogens is 340 g/mol. The van der Waals surface area contributed by atoms with Gasteiger partial charge in [-0.25, -0.2) is 9.97 Å². The van der Waals surface area contributed by atoms with Crippen LogP contribution in [0.1, 0.15) is 34.6 Å². The molecule has 27 heavy (non-hydrogen) atoms. The van der Waals surface area contributed by atoms with Crippen LogP contribution >= 0.6 is 0 Å². The molecule has 0 aliphatic rings. The molecule has 0 spiro atoms. The fourth-order valence-corrected chi connectivity index (χ4v) is 2.69. The Bertz CT molecular complexity index is 899. The standard InChI is InChI=1S/C21H22N4O2/c1-15(16-8-4-3-5-9-16)24-20(26)18-12-13-22-21(25-18)23-14-17-10-6-7-11-19(17)27-2/h3-13,15H,14H2,1-2H3,(H,24,26)(H,22,23,25). The largest absolute Gasteiger partial charge is 0.496 e. The first-order chi connectivity index (χ1) is 13.2. The van der Waals surface area contributed by atoms with E-state index in [1.807, 2.05) is 61.5 Å². The number of aromatic nitrogens is 2. The van der Waals surface area contributed by atoms with Gasteiger partial charge in [0.2, 0.25) is 5.95 Å². The minimum absolute atomic E-state index is 0.112. The SMILES string of the molecule is COc1ccccc1CNc1nccc(C(=O)NC(C)c2ccccc2)n1. The number of benzene rings is 2. The highest BCUT2D eigenvalue weighted by atomic mass is 16.5. The van der Waals surface area contributed by atoms with Crippen LogP contribution in [0, 0.1) is 0 Å². The Morgan fingerprint density at radius 1 is 1.07 bits per heavy atom. The van der Waals surface area contributed by atoms with Crippen molar-refractivity contribution in [2.45, 2.75) is 19.5 Å². The lowest BCUT2D eigenvalue weighted by atomic mass is 10.1. The average Bonchev–Trinajstić information content (AvgIpc) is 2.73. The van der Waals surface area contributed by atoms with E-state index in [2.05, 4.69) is 20.6 Å². The van der Waals surface area contributed by atoms with Gasteiger partial charge < -0.3 is 15.4 Å². The molecule has 1 amide bonds. The Kier molecular flexibility index (Phi) is 5.99. The first kappa shape index (κ1) is 18.4. The van der Waals surface area contributed by atoms with Gasteiger partial charge >= 0.3 is 0 Å². The second-order valence-corrected chi connectivity index (χ2v) is 6.04. The summed E-state index contributed by atoms with van der Waals surface area (Å²) < 4.78 is 5.34. The van der Waals surface area contributed by atoms with E-state index in [0.29, 0.717) is 18.2 Å². The lowest BCUT2D eigenvalue weighted by Crippen LogP contribution is -2.27. The molecule has 3 aromatic rings. The van der Waals surface area contributed by atoms with Crippen molar-refractivity contribution >= 4 is 11.9 Å². The van der Waals surface area contributed by atoms with Crippen molar-refractivity contribution in [1.82, 2.24) is 15.3 Å². The van der Waals surface area contributed by atoms with Crippen molar-refractivity contribution in [2.75, 3.05) is 12.4 Å². The predicted molar refractivity (Wildman–Crippen MR) is 105 cm³/mol. The zero-order valence-corrected chi connectivity index (χ0v) is 15.3. The third kappa shape index (κ3) is 4.82. The second-order valence-electron chi connectivity index (χ2n) is 6.04. The van der Waals surface area contributed by atoms with Gasteiger partial charge in [0, 0.05) is 18.3 Å². The van der Waals surface area contributed by atoms with Crippen LogP contribution in [0.2, 0.25) is 0 Å². The summed E-state index contributed by atoms with van der Waals surface area (Å²) in [6, 6.07) is 19.0. The number of rotatable bonds is 7. The number of carbonyl (C=O) groups excluding carboxylic acids is 1. The summed E-state index contributed by atoms with van der Waals surface area (Å²) >= 11 is 0. The number of nitrogens with one attached hydrogen (secondary N) is 2. The number of nitrogens with zero attached hydrogens (tertiary/aromatic N) is 2. The maximum Gasteiger partial charge on any atom is 0.270 e. The quantitative estimate of drug-likeness (QED) is 0.672. The van der Waals surface area contributed by atoms with Gasteiger partial charge in [0.15, 0.2) is 0 Å². The molecule has 1 atom stereocenters. The van der Waals surface area contributed by atoms with Crippen molar-refractivity contribution in [1.29, 1.82) is 0 Å². The van der Waals surface area contributed by atoms with Gasteiger partial charge in [0.25, 0.3) is 5.91 Å². The lowest BCUT2D eigenvalue weighted by molar-refractivity contribution is 0.0935. The summed E-state index contributed by atoms with van der Waals surface area (Å²) in [6.07, 6.45) is 1.57. The van der Waals surface area contributed by atoms with Crippen LogP contribution in [-0.2, 0) is 6.54 Å². The smallest absolute Gasteiger partial charge is 0.270 e. The van der Waals surface area contributed by atoms with Gasteiger partial charge in [0.05, 0.1) is 13.2 Å². The molecule has 6 nitrogen and oxygen atoms in total. The van der Waals surface area contributed by atoms with Gasteiger partial charge in [-0.2, -0.15) is 0 Å².